The predicted molar refractivity (Wildman–Crippen MR) is 98.3 cm³/mol. The molecule has 1 unspecified atom stereocenters. The van der Waals surface area contributed by atoms with Gasteiger partial charge in [0.15, 0.2) is 5.69 Å². The van der Waals surface area contributed by atoms with Crippen LogP contribution in [0, 0.1) is 0 Å². The van der Waals surface area contributed by atoms with Gasteiger partial charge in [0.05, 0.1) is 6.20 Å². The van der Waals surface area contributed by atoms with Crippen LogP contribution in [0.1, 0.15) is 22.4 Å². The Labute approximate surface area is 150 Å². The average Bonchev–Trinajstić information content (AvgIpc) is 3.38. The van der Waals surface area contributed by atoms with Crippen molar-refractivity contribution in [2.24, 2.45) is 0 Å². The van der Waals surface area contributed by atoms with Crippen LogP contribution in [0.4, 0.5) is 0 Å². The Balaban J connectivity index is 1.67. The fourth-order valence-corrected chi connectivity index (χ4v) is 3.69. The molecule has 5 nitrogen and oxygen atoms in total. The van der Waals surface area contributed by atoms with Crippen molar-refractivity contribution >= 4 is 6.08 Å². The van der Waals surface area contributed by atoms with Crippen LogP contribution in [0.2, 0.25) is 0 Å². The third-order valence-corrected chi connectivity index (χ3v) is 4.97. The summed E-state index contributed by atoms with van der Waals surface area (Å²) in [6, 6.07) is 14.6. The summed E-state index contributed by atoms with van der Waals surface area (Å²) in [5, 5.41) is 7.63. The van der Waals surface area contributed by atoms with Gasteiger partial charge in [0.2, 0.25) is 5.89 Å². The van der Waals surface area contributed by atoms with Gasteiger partial charge >= 0.3 is 0 Å². The Bertz CT molecular complexity index is 1010. The summed E-state index contributed by atoms with van der Waals surface area (Å²) in [4.78, 5) is 8.57. The molecule has 26 heavy (non-hydrogen) atoms. The van der Waals surface area contributed by atoms with E-state index in [0.29, 0.717) is 5.89 Å². The van der Waals surface area contributed by atoms with Crippen LogP contribution in [0.5, 0.6) is 0 Å². The van der Waals surface area contributed by atoms with E-state index in [1.807, 2.05) is 18.3 Å². The lowest BCUT2D eigenvalue weighted by Crippen LogP contribution is -2.30. The smallest absolute Gasteiger partial charge is 0.247 e. The van der Waals surface area contributed by atoms with Gasteiger partial charge in [-0.05, 0) is 17.2 Å². The monoisotopic (exact) mass is 340 g/mol. The summed E-state index contributed by atoms with van der Waals surface area (Å²) in [6.45, 7) is 0. The van der Waals surface area contributed by atoms with Gasteiger partial charge in [0, 0.05) is 35.5 Å². The van der Waals surface area contributed by atoms with Gasteiger partial charge in [-0.1, -0.05) is 48.6 Å². The number of allylic oxidation sites excluding steroid dienone is 1. The average molecular weight is 340 g/mol. The molecule has 0 fully saturated rings. The van der Waals surface area contributed by atoms with Crippen molar-refractivity contribution in [1.82, 2.24) is 20.2 Å². The highest BCUT2D eigenvalue weighted by molar-refractivity contribution is 5.72. The molecule has 0 aliphatic heterocycles. The molecule has 0 radical (unpaired) electrons. The Kier molecular flexibility index (Phi) is 3.31. The van der Waals surface area contributed by atoms with Crippen molar-refractivity contribution in [2.45, 2.75) is 11.8 Å². The Morgan fingerprint density at radius 2 is 1.88 bits per heavy atom. The minimum atomic E-state index is -0.289. The van der Waals surface area contributed by atoms with E-state index < -0.39 is 0 Å². The Hall–Kier alpha value is -3.47. The highest BCUT2D eigenvalue weighted by Crippen LogP contribution is 2.42. The molecule has 0 saturated heterocycles. The number of H-pyrrole nitrogens is 1. The summed E-state index contributed by atoms with van der Waals surface area (Å²) in [6.07, 6.45) is 12.1. The molecule has 1 N–H and O–H groups in total. The molecular weight excluding hydrogens is 324 g/mol. The van der Waals surface area contributed by atoms with Crippen LogP contribution in [-0.4, -0.2) is 20.2 Å². The summed E-state index contributed by atoms with van der Waals surface area (Å²) >= 11 is 0. The fraction of sp³-hybridized carbons (Fsp3) is 0.0952. The number of oxazole rings is 1. The number of pyridine rings is 1. The summed E-state index contributed by atoms with van der Waals surface area (Å²) in [5.41, 5.74) is 4.93. The first kappa shape index (κ1) is 14.8. The third-order valence-electron chi connectivity index (χ3n) is 4.97. The molecule has 0 bridgehead atoms. The van der Waals surface area contributed by atoms with E-state index in [1.54, 1.807) is 18.7 Å². The molecule has 1 atom stereocenters. The van der Waals surface area contributed by atoms with Crippen molar-refractivity contribution < 1.29 is 4.42 Å². The van der Waals surface area contributed by atoms with Gasteiger partial charge in [0.1, 0.15) is 6.26 Å². The first-order valence-electron chi connectivity index (χ1n) is 8.49. The number of fused-ring (bicyclic) bond motifs is 1. The molecule has 126 valence electrons. The lowest BCUT2D eigenvalue weighted by molar-refractivity contribution is 0.571. The number of nitrogens with zero attached hydrogens (tertiary/aromatic N) is 3. The zero-order chi connectivity index (χ0) is 17.4. The van der Waals surface area contributed by atoms with Crippen LogP contribution < -0.4 is 0 Å². The lowest BCUT2D eigenvalue weighted by Gasteiger charge is -2.34. The van der Waals surface area contributed by atoms with Gasteiger partial charge in [-0.15, -0.1) is 0 Å². The van der Waals surface area contributed by atoms with Crippen molar-refractivity contribution in [3.05, 3.63) is 95.8 Å². The van der Waals surface area contributed by atoms with E-state index in [-0.39, 0.29) is 5.41 Å². The maximum atomic E-state index is 5.43. The molecule has 1 aromatic carbocycles. The maximum Gasteiger partial charge on any atom is 0.247 e. The SMILES string of the molecule is C1=CC(c2ccccc2)(c2cccnc2)Cc2[nH]nc(-c3ncco3)c21. The second-order valence-electron chi connectivity index (χ2n) is 6.39. The molecule has 0 amide bonds. The first-order valence-corrected chi connectivity index (χ1v) is 8.49. The van der Waals surface area contributed by atoms with Crippen molar-refractivity contribution in [3.8, 4) is 11.6 Å². The highest BCUT2D eigenvalue weighted by atomic mass is 16.3. The number of benzene rings is 1. The van der Waals surface area contributed by atoms with Gasteiger partial charge < -0.3 is 4.42 Å². The minimum Gasteiger partial charge on any atom is -0.443 e. The molecule has 1 aliphatic rings. The molecular formula is C21H16N4O. The van der Waals surface area contributed by atoms with E-state index in [1.165, 1.54) is 5.56 Å². The number of rotatable bonds is 3. The first-order chi connectivity index (χ1) is 12.9. The zero-order valence-electron chi connectivity index (χ0n) is 14.0. The van der Waals surface area contributed by atoms with Crippen LogP contribution in [0.3, 0.4) is 0 Å². The van der Waals surface area contributed by atoms with Crippen LogP contribution in [0.25, 0.3) is 17.7 Å². The minimum absolute atomic E-state index is 0.289. The number of aromatic amines is 1. The van der Waals surface area contributed by atoms with Crippen molar-refractivity contribution in [1.29, 1.82) is 0 Å². The lowest BCUT2D eigenvalue weighted by atomic mass is 9.69. The van der Waals surface area contributed by atoms with Crippen molar-refractivity contribution in [2.75, 3.05) is 0 Å². The molecule has 3 aromatic heterocycles. The molecule has 5 heteroatoms. The molecule has 0 spiro atoms. The van der Waals surface area contributed by atoms with Gasteiger partial charge in [-0.3, -0.25) is 10.1 Å². The van der Waals surface area contributed by atoms with Gasteiger partial charge in [0.25, 0.3) is 0 Å². The van der Waals surface area contributed by atoms with E-state index >= 15 is 0 Å². The van der Waals surface area contributed by atoms with Crippen LogP contribution in [0.15, 0.2) is 77.8 Å². The van der Waals surface area contributed by atoms with Crippen LogP contribution >= 0.6 is 0 Å². The Morgan fingerprint density at radius 3 is 2.65 bits per heavy atom. The maximum absolute atomic E-state index is 5.43. The Morgan fingerprint density at radius 1 is 1.00 bits per heavy atom. The standard InChI is InChI=1S/C21H16N4O/c1-2-5-15(6-3-1)21(16-7-4-10-22-14-16)9-8-17-18(13-21)24-25-19(17)20-23-11-12-26-20/h1-12,14H,13H2,(H,24,25). The highest BCUT2D eigenvalue weighted by Gasteiger charge is 2.37. The van der Waals surface area contributed by atoms with E-state index in [4.69, 9.17) is 4.42 Å². The molecule has 1 aliphatic carbocycles. The van der Waals surface area contributed by atoms with Crippen molar-refractivity contribution in [3.63, 3.8) is 0 Å². The molecule has 3 heterocycles. The quantitative estimate of drug-likeness (QED) is 0.612. The normalized spacial score (nSPS) is 18.6. The number of hydrogen-bond donors (Lipinski definition) is 1. The van der Waals surface area contributed by atoms with Gasteiger partial charge in [-0.2, -0.15) is 5.10 Å². The molecule has 0 saturated carbocycles. The van der Waals surface area contributed by atoms with Gasteiger partial charge in [-0.25, -0.2) is 4.98 Å². The summed E-state index contributed by atoms with van der Waals surface area (Å²) < 4.78 is 5.43. The number of aromatic nitrogens is 4. The zero-order valence-corrected chi connectivity index (χ0v) is 14.0. The summed E-state index contributed by atoms with van der Waals surface area (Å²) in [7, 11) is 0. The number of hydrogen-bond acceptors (Lipinski definition) is 4. The topological polar surface area (TPSA) is 67.6 Å². The third kappa shape index (κ3) is 2.21. The van der Waals surface area contributed by atoms with E-state index in [0.717, 1.165) is 28.9 Å². The predicted octanol–water partition coefficient (Wildman–Crippen LogP) is 4.02. The second-order valence-corrected chi connectivity index (χ2v) is 6.39. The summed E-state index contributed by atoms with van der Waals surface area (Å²) in [5.74, 6) is 0.528. The van der Waals surface area contributed by atoms with Crippen LogP contribution in [-0.2, 0) is 11.8 Å². The fourth-order valence-electron chi connectivity index (χ4n) is 3.69. The number of nitrogens with one attached hydrogen (secondary N) is 1. The second kappa shape index (κ2) is 5.81. The molecule has 5 rings (SSSR count). The van der Waals surface area contributed by atoms with E-state index in [2.05, 4.69) is 62.6 Å². The van der Waals surface area contributed by atoms with E-state index in [9.17, 15) is 0 Å². The largest absolute Gasteiger partial charge is 0.443 e. The molecule has 4 aromatic rings.